The lowest BCUT2D eigenvalue weighted by Gasteiger charge is -2.51. The first kappa shape index (κ1) is 17.1. The van der Waals surface area contributed by atoms with Crippen molar-refractivity contribution in [3.8, 4) is 0 Å². The zero-order chi connectivity index (χ0) is 14.2. The zero-order valence-corrected chi connectivity index (χ0v) is 12.5. The van der Waals surface area contributed by atoms with Crippen LogP contribution in [0.25, 0.3) is 0 Å². The molecular weight excluding hydrogens is 251 g/mol. The van der Waals surface area contributed by atoms with Crippen molar-refractivity contribution in [2.45, 2.75) is 51.5 Å². The van der Waals surface area contributed by atoms with Crippen molar-refractivity contribution >= 4 is 18.1 Å². The van der Waals surface area contributed by atoms with Gasteiger partial charge in [0.2, 0.25) is 0 Å². The molecule has 0 saturated carbocycles. The van der Waals surface area contributed by atoms with E-state index in [-0.39, 0.29) is 0 Å². The second-order valence-electron chi connectivity index (χ2n) is 6.23. The van der Waals surface area contributed by atoms with Crippen LogP contribution in [0.1, 0.15) is 41.5 Å². The van der Waals surface area contributed by atoms with Crippen LogP contribution in [0.4, 0.5) is 17.3 Å². The normalized spacial score (nSPS) is 32.3. The van der Waals surface area contributed by atoms with Crippen LogP contribution in [0.2, 0.25) is 0 Å². The molecule has 0 spiro atoms. The first-order valence-electron chi connectivity index (χ1n) is 5.71. The highest BCUT2D eigenvalue weighted by Crippen LogP contribution is 2.52. The molecule has 1 rings (SSSR count). The van der Waals surface area contributed by atoms with Gasteiger partial charge in [-0.1, -0.05) is 27.7 Å². The second kappa shape index (κ2) is 5.02. The Morgan fingerprint density at radius 3 is 1.47 bits per heavy atom. The van der Waals surface area contributed by atoms with E-state index in [0.717, 1.165) is 11.2 Å². The van der Waals surface area contributed by atoms with Gasteiger partial charge in [0.25, 0.3) is 0 Å². The Labute approximate surface area is 105 Å². The number of halogens is 4. The van der Waals surface area contributed by atoms with E-state index in [0.29, 0.717) is 21.1 Å². The molecule has 1 saturated heterocycles. The molecule has 0 aromatic heterocycles. The molecule has 0 aliphatic carbocycles. The van der Waals surface area contributed by atoms with E-state index in [4.69, 9.17) is 0 Å². The molecule has 6 heteroatoms. The van der Waals surface area contributed by atoms with Crippen LogP contribution in [0.3, 0.4) is 0 Å². The summed E-state index contributed by atoms with van der Waals surface area (Å²) >= 11 is 0. The van der Waals surface area contributed by atoms with Gasteiger partial charge < -0.3 is 17.3 Å². The predicted octanol–water partition coefficient (Wildman–Crippen LogP) is 4.38. The summed E-state index contributed by atoms with van der Waals surface area (Å²) in [5.41, 5.74) is 0.507. The Balaban J connectivity index is 0.000000437. The molecule has 1 aliphatic rings. The Hall–Kier alpha value is 0.135. The van der Waals surface area contributed by atoms with Gasteiger partial charge in [-0.25, -0.2) is 0 Å². The van der Waals surface area contributed by atoms with Gasteiger partial charge in [-0.3, -0.25) is 0 Å². The molecule has 0 N–H and O–H groups in total. The van der Waals surface area contributed by atoms with E-state index >= 15 is 0 Å². The van der Waals surface area contributed by atoms with Crippen molar-refractivity contribution in [3.63, 3.8) is 0 Å². The van der Waals surface area contributed by atoms with E-state index in [2.05, 4.69) is 47.8 Å². The van der Waals surface area contributed by atoms with Gasteiger partial charge in [-0.05, 0) is 24.7 Å². The van der Waals surface area contributed by atoms with Gasteiger partial charge in [-0.15, -0.1) is 0 Å². The van der Waals surface area contributed by atoms with Crippen LogP contribution < -0.4 is 0 Å². The van der Waals surface area contributed by atoms with Gasteiger partial charge in [-0.2, -0.15) is 0 Å². The summed E-state index contributed by atoms with van der Waals surface area (Å²) in [5.74, 6) is 0.894. The second-order valence-corrected chi connectivity index (χ2v) is 8.91. The fourth-order valence-corrected chi connectivity index (χ4v) is 5.66. The predicted molar refractivity (Wildman–Crippen MR) is 70.0 cm³/mol. The zero-order valence-electron chi connectivity index (χ0n) is 11.7. The van der Waals surface area contributed by atoms with Crippen molar-refractivity contribution in [1.82, 2.24) is 0 Å². The van der Waals surface area contributed by atoms with Crippen molar-refractivity contribution < 1.29 is 17.3 Å². The molecule has 17 heavy (non-hydrogen) atoms. The minimum Gasteiger partial charge on any atom is -0.418 e. The number of hydrogen-bond acceptors (Lipinski definition) is 0. The average molecular weight is 274 g/mol. The summed E-state index contributed by atoms with van der Waals surface area (Å²) in [6.07, 6.45) is 2.44. The average Bonchev–Trinajstić information content (AvgIpc) is 1.98. The molecule has 0 radical (unpaired) electrons. The molecule has 0 aromatic rings. The summed E-state index contributed by atoms with van der Waals surface area (Å²) in [7, 11) is -5.39. The van der Waals surface area contributed by atoms with Gasteiger partial charge in [0.1, 0.15) is 10.00 Å². The Bertz CT molecular complexity index is 239. The summed E-state index contributed by atoms with van der Waals surface area (Å²) in [4.78, 5) is 0. The standard InChI is InChI=1S/C11H23S.BF4/c1-8-9(10(2,3)4)12(7)11(8,5)6;2-1(3,4)5/h8-9H,1-7H3;/q+1;-1/t8-,9+,12?;/m1./s1. The van der Waals surface area contributed by atoms with E-state index in [1.807, 2.05) is 0 Å². The van der Waals surface area contributed by atoms with E-state index in [9.17, 15) is 17.3 Å². The lowest BCUT2D eigenvalue weighted by molar-refractivity contribution is 0.248. The van der Waals surface area contributed by atoms with E-state index in [1.165, 1.54) is 0 Å². The summed E-state index contributed by atoms with van der Waals surface area (Å²) in [6.45, 7) is 14.4. The fraction of sp³-hybridized carbons (Fsp3) is 1.00. The lowest BCUT2D eigenvalue weighted by atomic mass is 9.78. The molecule has 1 aliphatic heterocycles. The highest BCUT2D eigenvalue weighted by atomic mass is 32.2. The molecule has 0 amide bonds. The van der Waals surface area contributed by atoms with Crippen molar-refractivity contribution in [1.29, 1.82) is 0 Å². The highest BCUT2D eigenvalue weighted by molar-refractivity contribution is 7.99. The van der Waals surface area contributed by atoms with Crippen molar-refractivity contribution in [3.05, 3.63) is 0 Å². The third-order valence-corrected chi connectivity index (χ3v) is 7.52. The Morgan fingerprint density at radius 2 is 1.35 bits per heavy atom. The van der Waals surface area contributed by atoms with Crippen LogP contribution in [0.5, 0.6) is 0 Å². The SMILES string of the molecule is C[C@@H]1[C@@H](C(C)(C)C)[S+](C)C1(C)C.F[B-](F)(F)F. The quantitative estimate of drug-likeness (QED) is 0.349. The van der Waals surface area contributed by atoms with E-state index in [1.54, 1.807) is 0 Å². The van der Waals surface area contributed by atoms with Crippen LogP contribution in [0, 0.1) is 11.3 Å². The minimum atomic E-state index is -6.00. The highest BCUT2D eigenvalue weighted by Gasteiger charge is 2.64. The number of hydrogen-bond donors (Lipinski definition) is 0. The minimum absolute atomic E-state index is 0.507. The van der Waals surface area contributed by atoms with Crippen LogP contribution in [-0.2, 0) is 10.9 Å². The van der Waals surface area contributed by atoms with Gasteiger partial charge in [0.15, 0.2) is 0 Å². The first-order chi connectivity index (χ1) is 7.19. The van der Waals surface area contributed by atoms with Crippen molar-refractivity contribution in [2.75, 3.05) is 6.26 Å². The maximum atomic E-state index is 9.75. The first-order valence-corrected chi connectivity index (χ1v) is 7.41. The topological polar surface area (TPSA) is 0 Å². The fourth-order valence-electron chi connectivity index (χ4n) is 2.50. The molecule has 1 unspecified atom stereocenters. The van der Waals surface area contributed by atoms with E-state index < -0.39 is 7.25 Å². The summed E-state index contributed by atoms with van der Waals surface area (Å²) in [6, 6.07) is 0. The number of rotatable bonds is 0. The summed E-state index contributed by atoms with van der Waals surface area (Å²) < 4.78 is 39.6. The van der Waals surface area contributed by atoms with Crippen LogP contribution in [0.15, 0.2) is 0 Å². The smallest absolute Gasteiger partial charge is 0.418 e. The third-order valence-electron chi connectivity index (χ3n) is 3.61. The van der Waals surface area contributed by atoms with Gasteiger partial charge in [0, 0.05) is 5.41 Å². The molecule has 1 fully saturated rings. The monoisotopic (exact) mass is 274 g/mol. The van der Waals surface area contributed by atoms with Gasteiger partial charge in [0.05, 0.1) is 12.2 Å². The maximum absolute atomic E-state index is 9.75. The van der Waals surface area contributed by atoms with Crippen molar-refractivity contribution in [2.24, 2.45) is 11.3 Å². The largest absolute Gasteiger partial charge is 0.673 e. The van der Waals surface area contributed by atoms with Crippen LogP contribution in [-0.4, -0.2) is 23.5 Å². The molecule has 3 atom stereocenters. The molecule has 0 aromatic carbocycles. The molecule has 0 bridgehead atoms. The molecule has 1 heterocycles. The molecule has 104 valence electrons. The third kappa shape index (κ3) is 4.72. The lowest BCUT2D eigenvalue weighted by Crippen LogP contribution is -2.65. The summed E-state index contributed by atoms with van der Waals surface area (Å²) in [5, 5.41) is 0.937. The Morgan fingerprint density at radius 1 is 1.06 bits per heavy atom. The maximum Gasteiger partial charge on any atom is 0.673 e. The van der Waals surface area contributed by atoms with Crippen LogP contribution >= 0.6 is 0 Å². The molecule has 0 nitrogen and oxygen atoms in total. The Kier molecular flexibility index (Phi) is 5.06. The molecular formula is C11H23BF4S. The van der Waals surface area contributed by atoms with Gasteiger partial charge >= 0.3 is 7.25 Å².